The van der Waals surface area contributed by atoms with Gasteiger partial charge in [-0.15, -0.1) is 0 Å². The molecule has 0 atom stereocenters. The Labute approximate surface area is 185 Å². The molecule has 0 saturated heterocycles. The molecule has 164 valence electrons. The normalized spacial score (nSPS) is 18.7. The fraction of sp³-hybridized carbons (Fsp3) is 0.269. The summed E-state index contributed by atoms with van der Waals surface area (Å²) in [5, 5.41) is 0.919. The summed E-state index contributed by atoms with van der Waals surface area (Å²) in [7, 11) is 0. The van der Waals surface area contributed by atoms with Gasteiger partial charge in [-0.05, 0) is 73.4 Å². The summed E-state index contributed by atoms with van der Waals surface area (Å²) in [5.41, 5.74) is 7.01. The molecule has 2 aromatic heterocycles. The van der Waals surface area contributed by atoms with E-state index in [2.05, 4.69) is 15.4 Å². The molecule has 5 rings (SSSR count). The average Bonchev–Trinajstić information content (AvgIpc) is 3.28. The third kappa shape index (κ3) is 4.23. The Kier molecular flexibility index (Phi) is 5.86. The molecule has 0 unspecified atom stereocenters. The Balaban J connectivity index is 1.18. The Morgan fingerprint density at radius 1 is 0.969 bits per heavy atom. The van der Waals surface area contributed by atoms with Crippen molar-refractivity contribution in [3.63, 3.8) is 0 Å². The maximum atomic E-state index is 14.1. The Hall–Kier alpha value is -3.25. The lowest BCUT2D eigenvalue weighted by molar-refractivity contribution is 0.125. The van der Waals surface area contributed by atoms with E-state index in [4.69, 9.17) is 4.84 Å². The number of benzene rings is 2. The van der Waals surface area contributed by atoms with Gasteiger partial charge < -0.3 is 4.98 Å². The Morgan fingerprint density at radius 2 is 1.81 bits per heavy atom. The fourth-order valence-electron chi connectivity index (χ4n) is 4.72. The Bertz CT molecular complexity index is 1210. The van der Waals surface area contributed by atoms with Crippen LogP contribution in [0.2, 0.25) is 0 Å². The van der Waals surface area contributed by atoms with Crippen LogP contribution in [0, 0.1) is 17.6 Å². The number of aromatic amines is 1. The number of pyridine rings is 1. The summed E-state index contributed by atoms with van der Waals surface area (Å²) in [6, 6.07) is 13.5. The molecule has 1 saturated carbocycles. The average molecular weight is 434 g/mol. The third-order valence-electron chi connectivity index (χ3n) is 6.43. The topological polar surface area (TPSA) is 49.9 Å². The van der Waals surface area contributed by atoms with Crippen molar-refractivity contribution in [2.75, 3.05) is 12.1 Å². The van der Waals surface area contributed by atoms with E-state index in [1.807, 2.05) is 18.3 Å². The first kappa shape index (κ1) is 20.6. The van der Waals surface area contributed by atoms with Gasteiger partial charge in [-0.2, -0.15) is 0 Å². The zero-order valence-corrected chi connectivity index (χ0v) is 17.7. The minimum absolute atomic E-state index is 0.223. The first-order valence-electron chi connectivity index (χ1n) is 11.0. The molecule has 2 heterocycles. The summed E-state index contributed by atoms with van der Waals surface area (Å²) in [6.07, 6.45) is 9.50. The summed E-state index contributed by atoms with van der Waals surface area (Å²) < 4.78 is 27.9. The number of hydrogen-bond acceptors (Lipinski definition) is 3. The molecule has 0 radical (unpaired) electrons. The first-order valence-corrected chi connectivity index (χ1v) is 11.0. The molecule has 1 aliphatic carbocycles. The number of anilines is 1. The van der Waals surface area contributed by atoms with Crippen molar-refractivity contribution in [3.05, 3.63) is 84.3 Å². The standard InChI is InChI=1S/C26H25F2N3O/c27-19-9-10-25-22(13-19)20(11-12-30-25)18-7-5-17(6-8-18)16-32-31-26-15-29-14-23(26)21-3-1-2-4-24(21)28/h1-4,9-15,17-18,29,31H,5-8,16H2. The summed E-state index contributed by atoms with van der Waals surface area (Å²) >= 11 is 0. The first-order chi connectivity index (χ1) is 15.7. The molecule has 6 heteroatoms. The van der Waals surface area contributed by atoms with Crippen molar-refractivity contribution in [1.29, 1.82) is 0 Å². The number of fused-ring (bicyclic) bond motifs is 1. The van der Waals surface area contributed by atoms with Crippen LogP contribution in [0.15, 0.2) is 67.1 Å². The number of nitrogens with one attached hydrogen (secondary N) is 2. The zero-order chi connectivity index (χ0) is 21.9. The van der Waals surface area contributed by atoms with E-state index in [1.54, 1.807) is 36.7 Å². The molecule has 0 spiro atoms. The van der Waals surface area contributed by atoms with Crippen molar-refractivity contribution in [1.82, 2.24) is 9.97 Å². The highest BCUT2D eigenvalue weighted by Crippen LogP contribution is 2.38. The van der Waals surface area contributed by atoms with E-state index in [0.29, 0.717) is 29.7 Å². The van der Waals surface area contributed by atoms with Crippen LogP contribution < -0.4 is 5.48 Å². The van der Waals surface area contributed by atoms with Gasteiger partial charge >= 0.3 is 0 Å². The molecule has 32 heavy (non-hydrogen) atoms. The van der Waals surface area contributed by atoms with Crippen LogP contribution in [-0.4, -0.2) is 16.6 Å². The van der Waals surface area contributed by atoms with Gasteiger partial charge in [-0.1, -0.05) is 18.2 Å². The molecule has 2 N–H and O–H groups in total. The molecule has 4 nitrogen and oxygen atoms in total. The quantitative estimate of drug-likeness (QED) is 0.328. The van der Waals surface area contributed by atoms with Gasteiger partial charge in [0.2, 0.25) is 0 Å². The number of H-pyrrole nitrogens is 1. The molecule has 1 aliphatic rings. The predicted octanol–water partition coefficient (Wildman–Crippen LogP) is 6.83. The van der Waals surface area contributed by atoms with Gasteiger partial charge in [-0.25, -0.2) is 8.78 Å². The highest BCUT2D eigenvalue weighted by atomic mass is 19.1. The molecule has 0 amide bonds. The van der Waals surface area contributed by atoms with Gasteiger partial charge in [-0.3, -0.25) is 15.3 Å². The summed E-state index contributed by atoms with van der Waals surface area (Å²) in [5.74, 6) is 0.361. The fourth-order valence-corrected chi connectivity index (χ4v) is 4.72. The van der Waals surface area contributed by atoms with E-state index in [9.17, 15) is 8.78 Å². The smallest absolute Gasteiger partial charge is 0.131 e. The highest BCUT2D eigenvalue weighted by Gasteiger charge is 2.24. The van der Waals surface area contributed by atoms with Gasteiger partial charge in [0.1, 0.15) is 11.6 Å². The number of nitrogens with zero attached hydrogens (tertiary/aromatic N) is 1. The van der Waals surface area contributed by atoms with E-state index < -0.39 is 0 Å². The second kappa shape index (κ2) is 9.09. The van der Waals surface area contributed by atoms with Crippen LogP contribution in [-0.2, 0) is 4.84 Å². The maximum Gasteiger partial charge on any atom is 0.131 e. The predicted molar refractivity (Wildman–Crippen MR) is 122 cm³/mol. The number of aromatic nitrogens is 2. The van der Waals surface area contributed by atoms with Crippen LogP contribution in [0.4, 0.5) is 14.5 Å². The van der Waals surface area contributed by atoms with Crippen LogP contribution in [0.1, 0.15) is 37.2 Å². The third-order valence-corrected chi connectivity index (χ3v) is 6.43. The lowest BCUT2D eigenvalue weighted by atomic mass is 9.78. The molecule has 4 aromatic rings. The molecular weight excluding hydrogens is 408 g/mol. The highest BCUT2D eigenvalue weighted by molar-refractivity contribution is 5.82. The lowest BCUT2D eigenvalue weighted by Crippen LogP contribution is -2.19. The van der Waals surface area contributed by atoms with Crippen molar-refractivity contribution in [2.24, 2.45) is 5.92 Å². The number of halogens is 2. The van der Waals surface area contributed by atoms with Crippen LogP contribution in [0.5, 0.6) is 0 Å². The monoisotopic (exact) mass is 433 g/mol. The lowest BCUT2D eigenvalue weighted by Gasteiger charge is -2.29. The summed E-state index contributed by atoms with van der Waals surface area (Å²) in [4.78, 5) is 13.2. The zero-order valence-electron chi connectivity index (χ0n) is 17.7. The van der Waals surface area contributed by atoms with Gasteiger partial charge in [0.25, 0.3) is 0 Å². The molecule has 0 bridgehead atoms. The number of hydrogen-bond donors (Lipinski definition) is 2. The molecule has 0 aliphatic heterocycles. The second-order valence-electron chi connectivity index (χ2n) is 8.45. The largest absolute Gasteiger partial charge is 0.365 e. The van der Waals surface area contributed by atoms with E-state index in [0.717, 1.165) is 42.1 Å². The minimum atomic E-state index is -0.267. The van der Waals surface area contributed by atoms with Crippen LogP contribution in [0.25, 0.3) is 22.0 Å². The van der Waals surface area contributed by atoms with Gasteiger partial charge in [0, 0.05) is 35.1 Å². The number of rotatable bonds is 6. The van der Waals surface area contributed by atoms with E-state index >= 15 is 0 Å². The second-order valence-corrected chi connectivity index (χ2v) is 8.45. The van der Waals surface area contributed by atoms with Gasteiger partial charge in [0.05, 0.1) is 17.8 Å². The van der Waals surface area contributed by atoms with E-state index in [-0.39, 0.29) is 11.6 Å². The molecule has 2 aromatic carbocycles. The van der Waals surface area contributed by atoms with Crippen molar-refractivity contribution >= 4 is 16.6 Å². The van der Waals surface area contributed by atoms with Crippen molar-refractivity contribution in [2.45, 2.75) is 31.6 Å². The van der Waals surface area contributed by atoms with Crippen molar-refractivity contribution < 1.29 is 13.6 Å². The van der Waals surface area contributed by atoms with Crippen molar-refractivity contribution in [3.8, 4) is 11.1 Å². The molecular formula is C26H25F2N3O. The van der Waals surface area contributed by atoms with Crippen LogP contribution in [0.3, 0.4) is 0 Å². The summed E-state index contributed by atoms with van der Waals surface area (Å²) in [6.45, 7) is 0.584. The van der Waals surface area contributed by atoms with Gasteiger partial charge in [0.15, 0.2) is 0 Å². The minimum Gasteiger partial charge on any atom is -0.365 e. The SMILES string of the molecule is Fc1ccc2nccc(C3CCC(CONc4c[nH]cc4-c4ccccc4F)CC3)c2c1. The van der Waals surface area contributed by atoms with E-state index in [1.165, 1.54) is 17.7 Å². The Morgan fingerprint density at radius 3 is 2.66 bits per heavy atom. The maximum absolute atomic E-state index is 14.1. The van der Waals surface area contributed by atoms with Crippen LogP contribution >= 0.6 is 0 Å². The molecule has 1 fully saturated rings.